The molecule has 0 saturated carbocycles. The minimum absolute atomic E-state index is 0.0270. The van der Waals surface area contributed by atoms with Crippen LogP contribution in [0.3, 0.4) is 0 Å². The number of carboxylic acids is 1. The van der Waals surface area contributed by atoms with Crippen molar-refractivity contribution in [3.63, 3.8) is 0 Å². The van der Waals surface area contributed by atoms with E-state index in [0.29, 0.717) is 6.42 Å². The lowest BCUT2D eigenvalue weighted by Crippen LogP contribution is -2.36. The van der Waals surface area contributed by atoms with Crippen molar-refractivity contribution < 1.29 is 19.4 Å². The Morgan fingerprint density at radius 3 is 2.19 bits per heavy atom. The van der Waals surface area contributed by atoms with Crippen LogP contribution in [-0.4, -0.2) is 23.7 Å². The van der Waals surface area contributed by atoms with Crippen molar-refractivity contribution in [2.45, 2.75) is 32.3 Å². The first-order chi connectivity index (χ1) is 12.4. The molecule has 2 aromatic rings. The van der Waals surface area contributed by atoms with E-state index in [2.05, 4.69) is 5.32 Å². The molecular formula is C21H25NO4. The summed E-state index contributed by atoms with van der Waals surface area (Å²) in [5, 5.41) is 12.1. The molecule has 5 nitrogen and oxygen atoms in total. The van der Waals surface area contributed by atoms with Crippen LogP contribution in [0.25, 0.3) is 0 Å². The lowest BCUT2D eigenvalue weighted by Gasteiger charge is -2.28. The summed E-state index contributed by atoms with van der Waals surface area (Å²) in [5.74, 6) is -1.63. The van der Waals surface area contributed by atoms with E-state index in [1.165, 1.54) is 0 Å². The van der Waals surface area contributed by atoms with Gasteiger partial charge in [-0.15, -0.1) is 0 Å². The van der Waals surface area contributed by atoms with Crippen LogP contribution in [0.1, 0.15) is 31.4 Å². The summed E-state index contributed by atoms with van der Waals surface area (Å²) in [6, 6.07) is 19.1. The van der Waals surface area contributed by atoms with Crippen LogP contribution in [-0.2, 0) is 21.6 Å². The third-order valence-corrected chi connectivity index (χ3v) is 4.37. The second-order valence-electron chi connectivity index (χ2n) is 6.93. The van der Waals surface area contributed by atoms with Crippen LogP contribution in [0.4, 0.5) is 4.79 Å². The molecule has 0 aliphatic heterocycles. The maximum atomic E-state index is 11.9. The second-order valence-corrected chi connectivity index (χ2v) is 6.93. The van der Waals surface area contributed by atoms with Crippen LogP contribution < -0.4 is 5.32 Å². The maximum absolute atomic E-state index is 11.9. The Kier molecular flexibility index (Phi) is 6.78. The Hall–Kier alpha value is -2.82. The first-order valence-electron chi connectivity index (χ1n) is 8.61. The Bertz CT molecular complexity index is 713. The van der Waals surface area contributed by atoms with Gasteiger partial charge in [0, 0.05) is 6.54 Å². The summed E-state index contributed by atoms with van der Waals surface area (Å²) in [5.41, 5.74) is 1.63. The highest BCUT2D eigenvalue weighted by molar-refractivity contribution is 5.72. The molecule has 1 atom stereocenters. The summed E-state index contributed by atoms with van der Waals surface area (Å²) < 4.78 is 5.13. The molecule has 0 fully saturated rings. The molecule has 2 aromatic carbocycles. The number of hydrogen-bond acceptors (Lipinski definition) is 3. The standard InChI is InChI=1S/C21H25NO4/c1-21(2,18-11-7-4-8-12-18)13-17(19(23)24)14-22-20(25)26-15-16-9-5-3-6-10-16/h3-12,17H,13-15H2,1-2H3,(H,22,25)(H,23,24). The van der Waals surface area contributed by atoms with Gasteiger partial charge in [-0.2, -0.15) is 0 Å². The number of alkyl carbamates (subject to hydrolysis) is 1. The Labute approximate surface area is 154 Å². The van der Waals surface area contributed by atoms with E-state index in [0.717, 1.165) is 11.1 Å². The highest BCUT2D eigenvalue weighted by Gasteiger charge is 2.29. The minimum atomic E-state index is -0.933. The summed E-state index contributed by atoms with van der Waals surface area (Å²) in [6.45, 7) is 4.19. The minimum Gasteiger partial charge on any atom is -0.481 e. The smallest absolute Gasteiger partial charge is 0.407 e. The van der Waals surface area contributed by atoms with E-state index in [1.807, 2.05) is 74.5 Å². The van der Waals surface area contributed by atoms with Gasteiger partial charge in [0.25, 0.3) is 0 Å². The van der Waals surface area contributed by atoms with E-state index < -0.39 is 18.0 Å². The number of rotatable bonds is 8. The van der Waals surface area contributed by atoms with Gasteiger partial charge in [-0.25, -0.2) is 4.79 Å². The second kappa shape index (κ2) is 9.04. The molecule has 2 rings (SSSR count). The van der Waals surface area contributed by atoms with Crippen molar-refractivity contribution in [1.82, 2.24) is 5.32 Å². The lowest BCUT2D eigenvalue weighted by atomic mass is 9.77. The van der Waals surface area contributed by atoms with Gasteiger partial charge in [0.2, 0.25) is 0 Å². The van der Waals surface area contributed by atoms with E-state index in [-0.39, 0.29) is 18.6 Å². The zero-order valence-electron chi connectivity index (χ0n) is 15.1. The number of hydrogen-bond donors (Lipinski definition) is 2. The van der Waals surface area contributed by atoms with Crippen molar-refractivity contribution in [3.05, 3.63) is 71.8 Å². The fourth-order valence-electron chi connectivity index (χ4n) is 2.85. The molecule has 0 aliphatic rings. The zero-order chi connectivity index (χ0) is 19.0. The van der Waals surface area contributed by atoms with Crippen LogP contribution in [0.2, 0.25) is 0 Å². The van der Waals surface area contributed by atoms with Gasteiger partial charge in [0.15, 0.2) is 0 Å². The van der Waals surface area contributed by atoms with Gasteiger partial charge in [-0.3, -0.25) is 4.79 Å². The third kappa shape index (κ3) is 5.92. The predicted molar refractivity (Wildman–Crippen MR) is 99.8 cm³/mol. The van der Waals surface area contributed by atoms with Gasteiger partial charge >= 0.3 is 12.1 Å². The molecule has 0 radical (unpaired) electrons. The molecule has 0 aromatic heterocycles. The molecule has 1 amide bonds. The Morgan fingerprint density at radius 1 is 1.04 bits per heavy atom. The number of carboxylic acid groups (broad SMARTS) is 1. The predicted octanol–water partition coefficient (Wildman–Crippen LogP) is 3.98. The number of ether oxygens (including phenoxy) is 1. The fraction of sp³-hybridized carbons (Fsp3) is 0.333. The van der Waals surface area contributed by atoms with Gasteiger partial charge in [0.1, 0.15) is 6.61 Å². The van der Waals surface area contributed by atoms with Gasteiger partial charge in [-0.1, -0.05) is 74.5 Å². The Balaban J connectivity index is 1.88. The quantitative estimate of drug-likeness (QED) is 0.751. The lowest BCUT2D eigenvalue weighted by molar-refractivity contribution is -0.142. The molecule has 138 valence electrons. The maximum Gasteiger partial charge on any atom is 0.407 e. The first-order valence-corrected chi connectivity index (χ1v) is 8.61. The van der Waals surface area contributed by atoms with Crippen molar-refractivity contribution in [1.29, 1.82) is 0 Å². The van der Waals surface area contributed by atoms with E-state index in [4.69, 9.17) is 4.74 Å². The summed E-state index contributed by atoms with van der Waals surface area (Å²) in [4.78, 5) is 23.5. The van der Waals surface area contributed by atoms with Crippen LogP contribution >= 0.6 is 0 Å². The molecule has 0 heterocycles. The summed E-state index contributed by atoms with van der Waals surface area (Å²) >= 11 is 0. The molecule has 0 bridgehead atoms. The molecule has 2 N–H and O–H groups in total. The molecule has 1 unspecified atom stereocenters. The topological polar surface area (TPSA) is 75.6 Å². The number of carbonyl (C=O) groups is 2. The molecule has 5 heteroatoms. The number of nitrogens with one attached hydrogen (secondary N) is 1. The highest BCUT2D eigenvalue weighted by atomic mass is 16.5. The zero-order valence-corrected chi connectivity index (χ0v) is 15.1. The summed E-state index contributed by atoms with van der Waals surface area (Å²) in [7, 11) is 0. The third-order valence-electron chi connectivity index (χ3n) is 4.37. The normalized spacial score (nSPS) is 12.2. The molecule has 0 saturated heterocycles. The van der Waals surface area contributed by atoms with E-state index in [1.54, 1.807) is 0 Å². The fourth-order valence-corrected chi connectivity index (χ4v) is 2.85. The number of aliphatic carboxylic acids is 1. The average molecular weight is 355 g/mol. The summed E-state index contributed by atoms with van der Waals surface area (Å²) in [6.07, 6.45) is -0.205. The van der Waals surface area contributed by atoms with Gasteiger partial charge in [0.05, 0.1) is 5.92 Å². The largest absolute Gasteiger partial charge is 0.481 e. The molecule has 0 aliphatic carbocycles. The van der Waals surface area contributed by atoms with Crippen molar-refractivity contribution in [2.24, 2.45) is 5.92 Å². The van der Waals surface area contributed by atoms with Crippen molar-refractivity contribution >= 4 is 12.1 Å². The number of amides is 1. The van der Waals surface area contributed by atoms with Crippen LogP contribution in [0, 0.1) is 5.92 Å². The monoisotopic (exact) mass is 355 g/mol. The number of carbonyl (C=O) groups excluding carboxylic acids is 1. The van der Waals surface area contributed by atoms with Crippen LogP contribution in [0.5, 0.6) is 0 Å². The van der Waals surface area contributed by atoms with Gasteiger partial charge in [-0.05, 0) is 23.0 Å². The molecule has 0 spiro atoms. The first kappa shape index (κ1) is 19.5. The Morgan fingerprint density at radius 2 is 1.62 bits per heavy atom. The average Bonchev–Trinajstić information content (AvgIpc) is 2.64. The van der Waals surface area contributed by atoms with Gasteiger partial charge < -0.3 is 15.2 Å². The number of benzene rings is 2. The SMILES string of the molecule is CC(C)(CC(CNC(=O)OCc1ccccc1)C(=O)O)c1ccccc1. The van der Waals surface area contributed by atoms with E-state index in [9.17, 15) is 14.7 Å². The highest BCUT2D eigenvalue weighted by Crippen LogP contribution is 2.30. The van der Waals surface area contributed by atoms with Crippen LogP contribution in [0.15, 0.2) is 60.7 Å². The van der Waals surface area contributed by atoms with Crippen molar-refractivity contribution in [2.75, 3.05) is 6.54 Å². The molecule has 26 heavy (non-hydrogen) atoms. The van der Waals surface area contributed by atoms with E-state index >= 15 is 0 Å². The molecular weight excluding hydrogens is 330 g/mol. The van der Waals surface area contributed by atoms with Crippen molar-refractivity contribution in [3.8, 4) is 0 Å².